The molecule has 1 heterocycles. The molecule has 3 atom stereocenters. The fraction of sp³-hybridized carbons (Fsp3) is 0.867. The van der Waals surface area contributed by atoms with Gasteiger partial charge in [-0.05, 0) is 23.7 Å². The first kappa shape index (κ1) is 14.9. The summed E-state index contributed by atoms with van der Waals surface area (Å²) in [5.41, 5.74) is 5.80. The lowest BCUT2D eigenvalue weighted by Crippen LogP contribution is -2.58. The van der Waals surface area contributed by atoms with E-state index in [2.05, 4.69) is 34.6 Å². The average molecular weight is 282 g/mol. The van der Waals surface area contributed by atoms with Gasteiger partial charge < -0.3 is 5.73 Å². The van der Waals surface area contributed by atoms with Crippen LogP contribution >= 0.6 is 11.8 Å². The number of carbonyl (C=O) groups excluding carboxylic acids is 1. The number of carbonyl (C=O) groups is 1. The number of ketones is 1. The summed E-state index contributed by atoms with van der Waals surface area (Å²) in [6, 6.07) is 0. The third-order valence-electron chi connectivity index (χ3n) is 5.29. The molecule has 1 spiro atoms. The van der Waals surface area contributed by atoms with E-state index in [-0.39, 0.29) is 11.0 Å². The Morgan fingerprint density at radius 3 is 2.53 bits per heavy atom. The zero-order valence-electron chi connectivity index (χ0n) is 12.7. The fourth-order valence-electron chi connectivity index (χ4n) is 3.79. The normalized spacial score (nSPS) is 39.4. The van der Waals surface area contributed by atoms with Crippen LogP contribution in [0.2, 0.25) is 0 Å². The molecule has 2 rings (SSSR count). The molecule has 4 heteroatoms. The van der Waals surface area contributed by atoms with E-state index in [1.54, 1.807) is 11.8 Å². The largest absolute Gasteiger partial charge is 0.379 e. The van der Waals surface area contributed by atoms with Crippen molar-refractivity contribution < 1.29 is 4.79 Å². The number of nitrogens with zero attached hydrogens (tertiary/aromatic N) is 1. The molecule has 2 N–H and O–H groups in total. The molecule has 0 radical (unpaired) electrons. The first-order valence-corrected chi connectivity index (χ1v) is 8.14. The lowest BCUT2D eigenvalue weighted by atomic mass is 9.55. The van der Waals surface area contributed by atoms with E-state index in [1.165, 1.54) is 0 Å². The Hall–Kier alpha value is -0.510. The summed E-state index contributed by atoms with van der Waals surface area (Å²) in [6.07, 6.45) is 2.20. The number of thioether (sulfide) groups is 1. The molecule has 108 valence electrons. The van der Waals surface area contributed by atoms with Gasteiger partial charge in [0.25, 0.3) is 0 Å². The van der Waals surface area contributed by atoms with E-state index in [1.807, 2.05) is 0 Å². The maximum atomic E-state index is 12.1. The van der Waals surface area contributed by atoms with Crippen LogP contribution < -0.4 is 5.73 Å². The SMILES string of the molecule is CC(C)[C@@H]1SC(N)=N[C@@]12CC(=O)CC[C@]2(C)C(C)C. The molecule has 1 fully saturated rings. The van der Waals surface area contributed by atoms with E-state index in [9.17, 15) is 4.79 Å². The summed E-state index contributed by atoms with van der Waals surface area (Å²) >= 11 is 1.68. The first-order chi connectivity index (χ1) is 8.73. The standard InChI is InChI=1S/C15H26N2OS/c1-9(2)12-15(17-13(16)19-12)8-11(18)6-7-14(15,5)10(3)4/h9-10,12H,6-8H2,1-5H3,(H2,16,17)/t12-,14+,15-/m0/s1. The maximum Gasteiger partial charge on any atom is 0.154 e. The summed E-state index contributed by atoms with van der Waals surface area (Å²) in [5.74, 6) is 1.32. The van der Waals surface area contributed by atoms with Crippen LogP contribution in [-0.4, -0.2) is 21.7 Å². The second-order valence-electron chi connectivity index (χ2n) is 6.94. The summed E-state index contributed by atoms with van der Waals surface area (Å²) in [7, 11) is 0. The minimum absolute atomic E-state index is 0.0595. The predicted octanol–water partition coefficient (Wildman–Crippen LogP) is 3.23. The highest BCUT2D eigenvalue weighted by Gasteiger charge is 2.60. The van der Waals surface area contributed by atoms with E-state index < -0.39 is 0 Å². The van der Waals surface area contributed by atoms with Crippen molar-refractivity contribution in [3.8, 4) is 0 Å². The molecule has 1 aliphatic heterocycles. The van der Waals surface area contributed by atoms with Gasteiger partial charge in [0.15, 0.2) is 5.17 Å². The second-order valence-corrected chi connectivity index (χ2v) is 8.11. The van der Waals surface area contributed by atoms with Crippen molar-refractivity contribution in [1.82, 2.24) is 0 Å². The summed E-state index contributed by atoms with van der Waals surface area (Å²) in [6.45, 7) is 11.2. The molecule has 0 unspecified atom stereocenters. The van der Waals surface area contributed by atoms with Gasteiger partial charge in [-0.15, -0.1) is 0 Å². The third kappa shape index (κ3) is 2.12. The van der Waals surface area contributed by atoms with Gasteiger partial charge in [-0.1, -0.05) is 46.4 Å². The van der Waals surface area contributed by atoms with Crippen LogP contribution in [0.1, 0.15) is 53.9 Å². The molecule has 0 aromatic rings. The van der Waals surface area contributed by atoms with Crippen molar-refractivity contribution in [3.05, 3.63) is 0 Å². The van der Waals surface area contributed by atoms with E-state index >= 15 is 0 Å². The lowest BCUT2D eigenvalue weighted by Gasteiger charge is -2.53. The van der Waals surface area contributed by atoms with Crippen LogP contribution in [0.3, 0.4) is 0 Å². The zero-order valence-corrected chi connectivity index (χ0v) is 13.5. The monoisotopic (exact) mass is 282 g/mol. The van der Waals surface area contributed by atoms with Crippen molar-refractivity contribution >= 4 is 22.7 Å². The van der Waals surface area contributed by atoms with Crippen molar-refractivity contribution in [1.29, 1.82) is 0 Å². The number of hydrogen-bond donors (Lipinski definition) is 1. The highest BCUT2D eigenvalue weighted by atomic mass is 32.2. The summed E-state index contributed by atoms with van der Waals surface area (Å²) in [5, 5.41) is 0.990. The molecule has 3 nitrogen and oxygen atoms in total. The first-order valence-electron chi connectivity index (χ1n) is 7.26. The zero-order chi connectivity index (χ0) is 14.4. The third-order valence-corrected chi connectivity index (χ3v) is 6.81. The van der Waals surface area contributed by atoms with E-state index in [4.69, 9.17) is 10.7 Å². The van der Waals surface area contributed by atoms with Crippen molar-refractivity contribution in [3.63, 3.8) is 0 Å². The van der Waals surface area contributed by atoms with Gasteiger partial charge in [0, 0.05) is 18.1 Å². The van der Waals surface area contributed by atoms with Crippen LogP contribution in [0.4, 0.5) is 0 Å². The molecule has 19 heavy (non-hydrogen) atoms. The molecule has 0 aromatic carbocycles. The predicted molar refractivity (Wildman–Crippen MR) is 82.4 cm³/mol. The quantitative estimate of drug-likeness (QED) is 0.846. The smallest absolute Gasteiger partial charge is 0.154 e. The molecule has 2 aliphatic rings. The average Bonchev–Trinajstić information content (AvgIpc) is 2.62. The number of aliphatic imine (C=N–C) groups is 1. The van der Waals surface area contributed by atoms with Crippen molar-refractivity contribution in [2.24, 2.45) is 28.0 Å². The molecule has 0 saturated heterocycles. The van der Waals surface area contributed by atoms with Gasteiger partial charge in [0.2, 0.25) is 0 Å². The molecule has 0 aromatic heterocycles. The second kappa shape index (κ2) is 4.80. The Morgan fingerprint density at radius 1 is 1.37 bits per heavy atom. The topological polar surface area (TPSA) is 55.4 Å². The number of Topliss-reactive ketones (excluding diaryl/α,β-unsaturated/α-hetero) is 1. The number of hydrogen-bond acceptors (Lipinski definition) is 4. The highest BCUT2D eigenvalue weighted by molar-refractivity contribution is 8.14. The molecule has 1 aliphatic carbocycles. The molecule has 1 saturated carbocycles. The molecular weight excluding hydrogens is 256 g/mol. The van der Waals surface area contributed by atoms with Crippen LogP contribution in [0.5, 0.6) is 0 Å². The summed E-state index contributed by atoms with van der Waals surface area (Å²) in [4.78, 5) is 16.9. The van der Waals surface area contributed by atoms with Crippen LogP contribution in [-0.2, 0) is 4.79 Å². The Morgan fingerprint density at radius 2 is 2.00 bits per heavy atom. The number of rotatable bonds is 2. The van der Waals surface area contributed by atoms with Crippen LogP contribution in [0, 0.1) is 17.3 Å². The Bertz CT molecular complexity index is 418. The minimum Gasteiger partial charge on any atom is -0.379 e. The number of amidine groups is 1. The number of nitrogens with two attached hydrogens (primary N) is 1. The lowest BCUT2D eigenvalue weighted by molar-refractivity contribution is -0.127. The van der Waals surface area contributed by atoms with E-state index in [0.29, 0.717) is 40.9 Å². The van der Waals surface area contributed by atoms with Crippen molar-refractivity contribution in [2.45, 2.75) is 64.7 Å². The van der Waals surface area contributed by atoms with Gasteiger partial charge in [-0.3, -0.25) is 9.79 Å². The van der Waals surface area contributed by atoms with Gasteiger partial charge in [0.1, 0.15) is 5.78 Å². The maximum absolute atomic E-state index is 12.1. The van der Waals surface area contributed by atoms with Crippen LogP contribution in [0.25, 0.3) is 0 Å². The molecule has 0 bridgehead atoms. The van der Waals surface area contributed by atoms with Gasteiger partial charge in [0.05, 0.1) is 5.54 Å². The Kier molecular flexibility index (Phi) is 3.76. The van der Waals surface area contributed by atoms with E-state index in [0.717, 1.165) is 6.42 Å². The molecular formula is C15H26N2OS. The Labute approximate surface area is 120 Å². The van der Waals surface area contributed by atoms with Crippen molar-refractivity contribution in [2.75, 3.05) is 0 Å². The highest BCUT2D eigenvalue weighted by Crippen LogP contribution is 2.58. The minimum atomic E-state index is -0.292. The Balaban J connectivity index is 2.53. The van der Waals surface area contributed by atoms with Gasteiger partial charge >= 0.3 is 0 Å². The summed E-state index contributed by atoms with van der Waals surface area (Å²) < 4.78 is 0. The fourth-order valence-corrected chi connectivity index (χ4v) is 5.14. The van der Waals surface area contributed by atoms with Crippen LogP contribution in [0.15, 0.2) is 4.99 Å². The van der Waals surface area contributed by atoms with Gasteiger partial charge in [-0.25, -0.2) is 0 Å². The van der Waals surface area contributed by atoms with Gasteiger partial charge in [-0.2, -0.15) is 0 Å². The molecule has 0 amide bonds.